The Bertz CT molecular complexity index is 1000. The molecule has 1 amide bonds. The molecule has 3 rings (SSSR count). The van der Waals surface area contributed by atoms with Gasteiger partial charge in [-0.2, -0.15) is 0 Å². The number of carbonyl (C=O) groups is 2. The molecule has 0 radical (unpaired) electrons. The largest absolute Gasteiger partial charge is 0.493 e. The van der Waals surface area contributed by atoms with E-state index in [9.17, 15) is 9.59 Å². The van der Waals surface area contributed by atoms with Crippen molar-refractivity contribution in [3.8, 4) is 23.0 Å². The van der Waals surface area contributed by atoms with Crippen LogP contribution in [0, 0.1) is 0 Å². The molecule has 2 atom stereocenters. The number of carbonyl (C=O) groups excluding carboxylic acids is 2. The lowest BCUT2D eigenvalue weighted by Crippen LogP contribution is -2.42. The zero-order chi connectivity index (χ0) is 23.4. The van der Waals surface area contributed by atoms with Gasteiger partial charge < -0.3 is 28.6 Å². The molecule has 32 heavy (non-hydrogen) atoms. The van der Waals surface area contributed by atoms with Crippen LogP contribution < -0.4 is 18.9 Å². The molecular weight excluding hydrogens is 414 g/mol. The van der Waals surface area contributed by atoms with Gasteiger partial charge in [0, 0.05) is 26.0 Å². The molecule has 0 aliphatic carbocycles. The van der Waals surface area contributed by atoms with Crippen LogP contribution in [0.2, 0.25) is 0 Å². The number of hydrogen-bond acceptors (Lipinski definition) is 7. The molecule has 0 fully saturated rings. The quantitative estimate of drug-likeness (QED) is 0.606. The van der Waals surface area contributed by atoms with E-state index in [1.54, 1.807) is 44.4 Å². The van der Waals surface area contributed by atoms with Crippen molar-refractivity contribution >= 4 is 11.9 Å². The van der Waals surface area contributed by atoms with Gasteiger partial charge in [-0.05, 0) is 35.7 Å². The van der Waals surface area contributed by atoms with Crippen molar-refractivity contribution in [2.75, 3.05) is 35.0 Å². The summed E-state index contributed by atoms with van der Waals surface area (Å²) < 4.78 is 27.7. The van der Waals surface area contributed by atoms with Crippen LogP contribution in [0.4, 0.5) is 0 Å². The number of benzene rings is 2. The molecule has 1 aliphatic heterocycles. The van der Waals surface area contributed by atoms with Crippen LogP contribution in [-0.4, -0.2) is 51.8 Å². The molecule has 0 N–H and O–H groups in total. The first-order valence-electron chi connectivity index (χ1n) is 10.3. The summed E-state index contributed by atoms with van der Waals surface area (Å²) in [5.74, 6) is 1.70. The van der Waals surface area contributed by atoms with Gasteiger partial charge in [0.2, 0.25) is 5.91 Å². The lowest BCUT2D eigenvalue weighted by Gasteiger charge is -2.41. The van der Waals surface area contributed by atoms with Gasteiger partial charge in [-0.15, -0.1) is 0 Å². The molecule has 0 spiro atoms. The van der Waals surface area contributed by atoms with Gasteiger partial charge in [0.15, 0.2) is 29.1 Å². The highest BCUT2D eigenvalue weighted by Gasteiger charge is 2.40. The monoisotopic (exact) mass is 443 g/mol. The normalized spacial score (nSPS) is 15.9. The second-order valence-corrected chi connectivity index (χ2v) is 7.42. The average molecular weight is 443 g/mol. The summed E-state index contributed by atoms with van der Waals surface area (Å²) >= 11 is 0. The predicted molar refractivity (Wildman–Crippen MR) is 117 cm³/mol. The number of esters is 1. The fourth-order valence-corrected chi connectivity index (χ4v) is 4.28. The highest BCUT2D eigenvalue weighted by molar-refractivity contribution is 5.75. The molecule has 0 saturated heterocycles. The Morgan fingerprint density at radius 2 is 1.56 bits per heavy atom. The molecular formula is C24H29NO7. The van der Waals surface area contributed by atoms with Gasteiger partial charge in [-0.25, -0.2) is 0 Å². The minimum atomic E-state index is -0.770. The Balaban J connectivity index is 2.22. The third-order valence-electron chi connectivity index (χ3n) is 5.66. The first-order chi connectivity index (χ1) is 15.4. The smallest absolute Gasteiger partial charge is 0.303 e. The van der Waals surface area contributed by atoms with Crippen molar-refractivity contribution in [3.05, 3.63) is 47.0 Å². The maximum Gasteiger partial charge on any atom is 0.303 e. The van der Waals surface area contributed by atoms with Crippen LogP contribution >= 0.6 is 0 Å². The maximum atomic E-state index is 12.6. The second kappa shape index (κ2) is 9.80. The Hall–Kier alpha value is -3.42. The Labute approximate surface area is 188 Å². The predicted octanol–water partition coefficient (Wildman–Crippen LogP) is 3.47. The Morgan fingerprint density at radius 3 is 2.12 bits per heavy atom. The van der Waals surface area contributed by atoms with E-state index in [0.29, 0.717) is 41.5 Å². The van der Waals surface area contributed by atoms with E-state index in [4.69, 9.17) is 23.7 Å². The zero-order valence-electron chi connectivity index (χ0n) is 19.3. The van der Waals surface area contributed by atoms with Crippen LogP contribution in [0.25, 0.3) is 0 Å². The minimum absolute atomic E-state index is 0.118. The van der Waals surface area contributed by atoms with Crippen molar-refractivity contribution in [2.45, 2.75) is 32.4 Å². The highest BCUT2D eigenvalue weighted by atomic mass is 16.5. The van der Waals surface area contributed by atoms with Gasteiger partial charge in [0.25, 0.3) is 0 Å². The fourth-order valence-electron chi connectivity index (χ4n) is 4.28. The van der Waals surface area contributed by atoms with E-state index < -0.39 is 18.1 Å². The molecule has 0 aromatic heterocycles. The second-order valence-electron chi connectivity index (χ2n) is 7.42. The van der Waals surface area contributed by atoms with Crippen LogP contribution in [0.5, 0.6) is 23.0 Å². The number of nitrogens with zero attached hydrogens (tertiary/aromatic N) is 1. The molecule has 0 bridgehead atoms. The average Bonchev–Trinajstić information content (AvgIpc) is 2.80. The van der Waals surface area contributed by atoms with E-state index >= 15 is 0 Å². The number of methoxy groups -OCH3 is 4. The van der Waals surface area contributed by atoms with Crippen LogP contribution in [0.15, 0.2) is 30.3 Å². The SMILES string of the molecule is COc1ccc([C@@H](OC(C)=O)[C@@H]2c3ccc(OC)c(OC)c3CCN2C(C)=O)cc1OC. The fraction of sp³-hybridized carbons (Fsp3) is 0.417. The standard InChI is InChI=1S/C24H29NO7/c1-14(26)25-12-11-18-17(8-10-20(29-4)24(18)31-6)22(25)23(32-15(2)27)16-7-9-19(28-3)21(13-16)30-5/h7-10,13,22-23H,11-12H2,1-6H3/t22-,23+/m0/s1. The van der Waals surface area contributed by atoms with E-state index in [-0.39, 0.29) is 5.91 Å². The van der Waals surface area contributed by atoms with Crippen LogP contribution in [0.1, 0.15) is 42.7 Å². The van der Waals surface area contributed by atoms with Crippen molar-refractivity contribution in [1.29, 1.82) is 0 Å². The third kappa shape index (κ3) is 4.30. The molecule has 0 unspecified atom stereocenters. The van der Waals surface area contributed by atoms with Crippen molar-refractivity contribution in [2.24, 2.45) is 0 Å². The third-order valence-corrected chi connectivity index (χ3v) is 5.66. The molecule has 8 nitrogen and oxygen atoms in total. The Morgan fingerprint density at radius 1 is 0.906 bits per heavy atom. The number of hydrogen-bond donors (Lipinski definition) is 0. The summed E-state index contributed by atoms with van der Waals surface area (Å²) in [7, 11) is 6.26. The summed E-state index contributed by atoms with van der Waals surface area (Å²) in [4.78, 5) is 26.5. The number of rotatable bonds is 7. The van der Waals surface area contributed by atoms with Crippen molar-refractivity contribution in [3.63, 3.8) is 0 Å². The molecule has 2 aromatic carbocycles. The van der Waals surface area contributed by atoms with Crippen molar-refractivity contribution < 1.29 is 33.3 Å². The molecule has 172 valence electrons. The minimum Gasteiger partial charge on any atom is -0.493 e. The highest BCUT2D eigenvalue weighted by Crippen LogP contribution is 2.47. The van der Waals surface area contributed by atoms with E-state index in [0.717, 1.165) is 11.1 Å². The maximum absolute atomic E-state index is 12.6. The molecule has 8 heteroatoms. The Kier molecular flexibility index (Phi) is 7.12. The lowest BCUT2D eigenvalue weighted by molar-refractivity contribution is -0.155. The van der Waals surface area contributed by atoms with E-state index in [2.05, 4.69) is 0 Å². The number of ether oxygens (including phenoxy) is 5. The summed E-state index contributed by atoms with van der Waals surface area (Å²) in [6.45, 7) is 3.31. The number of amides is 1. The summed E-state index contributed by atoms with van der Waals surface area (Å²) in [6, 6.07) is 8.46. The first-order valence-corrected chi connectivity index (χ1v) is 10.3. The van der Waals surface area contributed by atoms with Gasteiger partial charge >= 0.3 is 5.97 Å². The number of fused-ring (bicyclic) bond motifs is 1. The van der Waals surface area contributed by atoms with Gasteiger partial charge in [0.05, 0.1) is 34.5 Å². The van der Waals surface area contributed by atoms with Crippen molar-refractivity contribution in [1.82, 2.24) is 4.90 Å². The molecule has 1 heterocycles. The molecule has 1 aliphatic rings. The van der Waals surface area contributed by atoms with E-state index in [1.165, 1.54) is 21.0 Å². The summed E-state index contributed by atoms with van der Waals surface area (Å²) in [5.41, 5.74) is 2.44. The molecule has 2 aromatic rings. The van der Waals surface area contributed by atoms with Gasteiger partial charge in [0.1, 0.15) is 0 Å². The van der Waals surface area contributed by atoms with Crippen LogP contribution in [-0.2, 0) is 20.7 Å². The zero-order valence-corrected chi connectivity index (χ0v) is 19.3. The summed E-state index contributed by atoms with van der Waals surface area (Å²) in [5, 5.41) is 0. The lowest BCUT2D eigenvalue weighted by atomic mass is 9.85. The summed E-state index contributed by atoms with van der Waals surface area (Å²) in [6.07, 6.45) is -0.182. The topological polar surface area (TPSA) is 83.5 Å². The first kappa shape index (κ1) is 23.2. The van der Waals surface area contributed by atoms with Gasteiger partial charge in [-0.1, -0.05) is 12.1 Å². The molecule has 0 saturated carbocycles. The van der Waals surface area contributed by atoms with Gasteiger partial charge in [-0.3, -0.25) is 9.59 Å². The van der Waals surface area contributed by atoms with E-state index in [1.807, 2.05) is 12.1 Å². The van der Waals surface area contributed by atoms with Crippen LogP contribution in [0.3, 0.4) is 0 Å².